The summed E-state index contributed by atoms with van der Waals surface area (Å²) < 4.78 is 8.00. The zero-order valence-corrected chi connectivity index (χ0v) is 16.0. The Morgan fingerprint density at radius 3 is 2.96 bits per heavy atom. The molecule has 3 unspecified atom stereocenters. The number of aliphatic hydroxyl groups is 1. The van der Waals surface area contributed by atoms with Gasteiger partial charge in [-0.1, -0.05) is 33.1 Å². The van der Waals surface area contributed by atoms with Crippen LogP contribution >= 0.6 is 11.8 Å². The van der Waals surface area contributed by atoms with Gasteiger partial charge in [0.25, 0.3) is 0 Å². The molecular weight excluding hydrogens is 334 g/mol. The smallest absolute Gasteiger partial charge is 0.146 e. The second kappa shape index (κ2) is 9.01. The normalized spacial score (nSPS) is 21.9. The van der Waals surface area contributed by atoms with Crippen molar-refractivity contribution < 1.29 is 9.84 Å². The number of fused-ring (bicyclic) bond motifs is 1. The first-order valence-electron chi connectivity index (χ1n) is 9.47. The van der Waals surface area contributed by atoms with Gasteiger partial charge in [-0.3, -0.25) is 0 Å². The van der Waals surface area contributed by atoms with Gasteiger partial charge in [-0.25, -0.2) is 9.97 Å². The van der Waals surface area contributed by atoms with Crippen molar-refractivity contribution in [3.8, 4) is 0 Å². The van der Waals surface area contributed by atoms with Crippen molar-refractivity contribution in [1.29, 1.82) is 0 Å². The second-order valence-corrected chi connectivity index (χ2v) is 7.85. The summed E-state index contributed by atoms with van der Waals surface area (Å²) in [5, 5.41) is 11.5. The molecule has 0 bridgehead atoms. The highest BCUT2D eigenvalue weighted by Crippen LogP contribution is 2.34. The third-order valence-electron chi connectivity index (χ3n) is 5.07. The van der Waals surface area contributed by atoms with Crippen LogP contribution in [0.15, 0.2) is 23.6 Å². The minimum Gasteiger partial charge on any atom is -0.394 e. The van der Waals surface area contributed by atoms with E-state index in [0.29, 0.717) is 0 Å². The topological polar surface area (TPSA) is 60.2 Å². The monoisotopic (exact) mass is 363 g/mol. The number of unbranched alkanes of at least 4 members (excludes halogenated alkanes) is 1. The third-order valence-corrected chi connectivity index (χ3v) is 6.31. The van der Waals surface area contributed by atoms with E-state index in [2.05, 4.69) is 34.4 Å². The Kier molecular flexibility index (Phi) is 6.73. The lowest BCUT2D eigenvalue weighted by molar-refractivity contribution is -0.0204. The number of hydrogen-bond donors (Lipinski definition) is 1. The molecule has 138 valence electrons. The highest BCUT2D eigenvalue weighted by atomic mass is 32.2. The lowest BCUT2D eigenvalue weighted by atomic mass is 10.0. The fourth-order valence-electron chi connectivity index (χ4n) is 3.42. The number of thioether (sulfide) groups is 1. The molecule has 1 saturated heterocycles. The van der Waals surface area contributed by atoms with Crippen molar-refractivity contribution in [2.24, 2.45) is 5.92 Å². The highest BCUT2D eigenvalue weighted by molar-refractivity contribution is 7.99. The van der Waals surface area contributed by atoms with Crippen LogP contribution in [-0.4, -0.2) is 38.1 Å². The first kappa shape index (κ1) is 18.7. The van der Waals surface area contributed by atoms with Gasteiger partial charge >= 0.3 is 0 Å². The SMILES string of the molecule is CCCCC(CC)CSc1ncnc2c1ccn2C1CCC(CO)O1. The number of aromatic nitrogens is 3. The standard InChI is InChI=1S/C19H29N3O2S/c1-3-5-6-14(4-2)12-25-19-16-9-10-22(18(16)20-13-21-19)17-8-7-15(11-23)24-17/h9-10,13-15,17,23H,3-8,11-12H2,1-2H3. The molecule has 1 N–H and O–H groups in total. The van der Waals surface area contributed by atoms with Crippen molar-refractivity contribution >= 4 is 22.8 Å². The first-order chi connectivity index (χ1) is 12.3. The van der Waals surface area contributed by atoms with E-state index in [1.807, 2.05) is 18.0 Å². The Morgan fingerprint density at radius 2 is 2.24 bits per heavy atom. The Bertz CT molecular complexity index is 676. The number of hydrogen-bond acceptors (Lipinski definition) is 5. The number of ether oxygens (including phenoxy) is 1. The van der Waals surface area contributed by atoms with E-state index in [4.69, 9.17) is 4.74 Å². The van der Waals surface area contributed by atoms with Crippen molar-refractivity contribution in [3.63, 3.8) is 0 Å². The van der Waals surface area contributed by atoms with Gasteiger partial charge in [0.05, 0.1) is 18.1 Å². The van der Waals surface area contributed by atoms with Crippen LogP contribution in [0.4, 0.5) is 0 Å². The Balaban J connectivity index is 1.72. The molecule has 1 aliphatic heterocycles. The molecule has 1 fully saturated rings. The number of nitrogens with zero attached hydrogens (tertiary/aromatic N) is 3. The minimum atomic E-state index is -0.0537. The maximum absolute atomic E-state index is 9.28. The molecule has 2 aromatic heterocycles. The van der Waals surface area contributed by atoms with Crippen molar-refractivity contribution in [1.82, 2.24) is 14.5 Å². The van der Waals surface area contributed by atoms with Gasteiger partial charge in [0.15, 0.2) is 0 Å². The van der Waals surface area contributed by atoms with E-state index in [1.54, 1.807) is 6.33 Å². The maximum atomic E-state index is 9.28. The van der Waals surface area contributed by atoms with E-state index in [-0.39, 0.29) is 18.9 Å². The molecule has 5 nitrogen and oxygen atoms in total. The molecule has 3 heterocycles. The third kappa shape index (κ3) is 4.36. The average molecular weight is 364 g/mol. The lowest BCUT2D eigenvalue weighted by Gasteiger charge is -2.15. The van der Waals surface area contributed by atoms with Crippen molar-refractivity contribution in [2.45, 2.75) is 69.7 Å². The molecule has 25 heavy (non-hydrogen) atoms. The Hall–Kier alpha value is -1.11. The summed E-state index contributed by atoms with van der Waals surface area (Å²) in [6, 6.07) is 2.10. The van der Waals surface area contributed by atoms with Crippen LogP contribution in [0, 0.1) is 5.92 Å². The molecule has 1 aliphatic rings. The molecule has 0 aromatic carbocycles. The lowest BCUT2D eigenvalue weighted by Crippen LogP contribution is -2.14. The van der Waals surface area contributed by atoms with E-state index in [9.17, 15) is 5.11 Å². The van der Waals surface area contributed by atoms with Gasteiger partial charge < -0.3 is 14.4 Å². The molecule has 0 spiro atoms. The maximum Gasteiger partial charge on any atom is 0.146 e. The number of rotatable bonds is 9. The Morgan fingerprint density at radius 1 is 1.36 bits per heavy atom. The van der Waals surface area contributed by atoms with Crippen LogP contribution < -0.4 is 0 Å². The fraction of sp³-hybridized carbons (Fsp3) is 0.684. The van der Waals surface area contributed by atoms with E-state index < -0.39 is 0 Å². The summed E-state index contributed by atoms with van der Waals surface area (Å²) in [7, 11) is 0. The van der Waals surface area contributed by atoms with Gasteiger partial charge in [0.2, 0.25) is 0 Å². The zero-order chi connectivity index (χ0) is 17.6. The van der Waals surface area contributed by atoms with E-state index >= 15 is 0 Å². The van der Waals surface area contributed by atoms with Crippen LogP contribution in [0.2, 0.25) is 0 Å². The van der Waals surface area contributed by atoms with Gasteiger partial charge in [0.1, 0.15) is 23.2 Å². The summed E-state index contributed by atoms with van der Waals surface area (Å²) >= 11 is 1.85. The second-order valence-electron chi connectivity index (χ2n) is 6.84. The molecule has 0 amide bonds. The van der Waals surface area contributed by atoms with Crippen molar-refractivity contribution in [3.05, 3.63) is 18.6 Å². The zero-order valence-electron chi connectivity index (χ0n) is 15.2. The van der Waals surface area contributed by atoms with E-state index in [0.717, 1.165) is 40.6 Å². The summed E-state index contributed by atoms with van der Waals surface area (Å²) in [6.45, 7) is 4.62. The molecule has 3 atom stereocenters. The molecule has 0 radical (unpaired) electrons. The van der Waals surface area contributed by atoms with Gasteiger partial charge in [-0.05, 0) is 31.2 Å². The molecule has 3 rings (SSSR count). The van der Waals surface area contributed by atoms with Crippen molar-refractivity contribution in [2.75, 3.05) is 12.4 Å². The van der Waals surface area contributed by atoms with Crippen LogP contribution in [0.5, 0.6) is 0 Å². The average Bonchev–Trinajstić information content (AvgIpc) is 3.28. The van der Waals surface area contributed by atoms with Gasteiger partial charge in [-0.2, -0.15) is 0 Å². The molecule has 2 aromatic rings. The van der Waals surface area contributed by atoms with E-state index in [1.165, 1.54) is 25.7 Å². The number of aliphatic hydroxyl groups excluding tert-OH is 1. The highest BCUT2D eigenvalue weighted by Gasteiger charge is 2.27. The molecule has 0 saturated carbocycles. The molecule has 0 aliphatic carbocycles. The predicted molar refractivity (Wildman–Crippen MR) is 102 cm³/mol. The summed E-state index contributed by atoms with van der Waals surface area (Å²) in [5.74, 6) is 1.86. The summed E-state index contributed by atoms with van der Waals surface area (Å²) in [5.41, 5.74) is 0.933. The first-order valence-corrected chi connectivity index (χ1v) is 10.5. The van der Waals surface area contributed by atoms with Crippen LogP contribution in [0.1, 0.15) is 58.6 Å². The van der Waals surface area contributed by atoms with Crippen LogP contribution in [-0.2, 0) is 4.74 Å². The quantitative estimate of drug-likeness (QED) is 0.528. The van der Waals surface area contributed by atoms with Crippen LogP contribution in [0.25, 0.3) is 11.0 Å². The summed E-state index contributed by atoms with van der Waals surface area (Å²) in [4.78, 5) is 9.01. The largest absolute Gasteiger partial charge is 0.394 e. The predicted octanol–water partition coefficient (Wildman–Crippen LogP) is 4.41. The van der Waals surface area contributed by atoms with Gasteiger partial charge in [-0.15, -0.1) is 11.8 Å². The van der Waals surface area contributed by atoms with Crippen LogP contribution in [0.3, 0.4) is 0 Å². The molecular formula is C19H29N3O2S. The fourth-order valence-corrected chi connectivity index (χ4v) is 4.65. The van der Waals surface area contributed by atoms with Gasteiger partial charge in [0, 0.05) is 11.9 Å². The molecule has 6 heteroatoms. The minimum absolute atomic E-state index is 0.0321. The Labute approximate surface area is 154 Å². The summed E-state index contributed by atoms with van der Waals surface area (Å²) in [6.07, 6.45) is 10.5.